The molecule has 0 aliphatic rings. The third kappa shape index (κ3) is 5.99. The lowest BCUT2D eigenvalue weighted by Crippen LogP contribution is -2.33. The monoisotopic (exact) mass is 374 g/mol. The normalized spacial score (nSPS) is 10.2. The highest BCUT2D eigenvalue weighted by atomic mass is 16.5. The SMILES string of the molecule is Cc1cccc(Oc2ccc(NC(=O)CNC(=O)Cc3ccccc3)cc2)c1. The number of benzene rings is 3. The quantitative estimate of drug-likeness (QED) is 0.655. The van der Waals surface area contributed by atoms with E-state index in [1.54, 1.807) is 24.3 Å². The second-order valence-corrected chi connectivity index (χ2v) is 6.43. The first-order chi connectivity index (χ1) is 13.6. The third-order valence-corrected chi connectivity index (χ3v) is 4.02. The van der Waals surface area contributed by atoms with E-state index in [1.165, 1.54) is 0 Å². The van der Waals surface area contributed by atoms with Crippen LogP contribution in [-0.2, 0) is 16.0 Å². The van der Waals surface area contributed by atoms with Crippen LogP contribution in [0.4, 0.5) is 5.69 Å². The predicted octanol–water partition coefficient (Wildman–Crippen LogP) is 4.08. The first kappa shape index (κ1) is 19.2. The fraction of sp³-hybridized carbons (Fsp3) is 0.130. The van der Waals surface area contributed by atoms with Crippen molar-refractivity contribution in [1.29, 1.82) is 0 Å². The van der Waals surface area contributed by atoms with Gasteiger partial charge in [-0.3, -0.25) is 9.59 Å². The van der Waals surface area contributed by atoms with E-state index in [0.717, 1.165) is 16.9 Å². The van der Waals surface area contributed by atoms with Crippen LogP contribution < -0.4 is 15.4 Å². The summed E-state index contributed by atoms with van der Waals surface area (Å²) < 4.78 is 5.78. The maximum atomic E-state index is 12.0. The van der Waals surface area contributed by atoms with Crippen molar-refractivity contribution in [1.82, 2.24) is 5.32 Å². The van der Waals surface area contributed by atoms with Crippen LogP contribution in [0.15, 0.2) is 78.9 Å². The Morgan fingerprint density at radius 3 is 2.29 bits per heavy atom. The van der Waals surface area contributed by atoms with Gasteiger partial charge in [-0.05, 0) is 54.4 Å². The number of hydrogen-bond acceptors (Lipinski definition) is 3. The van der Waals surface area contributed by atoms with Crippen molar-refractivity contribution in [2.75, 3.05) is 11.9 Å². The zero-order valence-electron chi connectivity index (χ0n) is 15.6. The summed E-state index contributed by atoms with van der Waals surface area (Å²) in [7, 11) is 0. The molecule has 0 atom stereocenters. The van der Waals surface area contributed by atoms with E-state index in [-0.39, 0.29) is 24.8 Å². The second-order valence-electron chi connectivity index (χ2n) is 6.43. The fourth-order valence-electron chi connectivity index (χ4n) is 2.65. The van der Waals surface area contributed by atoms with E-state index in [9.17, 15) is 9.59 Å². The van der Waals surface area contributed by atoms with Crippen molar-refractivity contribution in [3.63, 3.8) is 0 Å². The molecule has 5 heteroatoms. The molecule has 2 N–H and O–H groups in total. The number of carbonyl (C=O) groups excluding carboxylic acids is 2. The average molecular weight is 374 g/mol. The van der Waals surface area contributed by atoms with Crippen LogP contribution >= 0.6 is 0 Å². The van der Waals surface area contributed by atoms with Crippen molar-refractivity contribution in [2.24, 2.45) is 0 Å². The fourth-order valence-corrected chi connectivity index (χ4v) is 2.65. The molecule has 0 aromatic heterocycles. The summed E-state index contributed by atoms with van der Waals surface area (Å²) in [4.78, 5) is 23.9. The van der Waals surface area contributed by atoms with Gasteiger partial charge in [-0.1, -0.05) is 42.5 Å². The summed E-state index contributed by atoms with van der Waals surface area (Å²) in [6.45, 7) is 1.93. The van der Waals surface area contributed by atoms with Crippen molar-refractivity contribution in [3.05, 3.63) is 90.0 Å². The average Bonchev–Trinajstić information content (AvgIpc) is 2.69. The Morgan fingerprint density at radius 2 is 1.57 bits per heavy atom. The lowest BCUT2D eigenvalue weighted by Gasteiger charge is -2.09. The molecule has 28 heavy (non-hydrogen) atoms. The molecule has 0 fully saturated rings. The van der Waals surface area contributed by atoms with Gasteiger partial charge in [-0.2, -0.15) is 0 Å². The van der Waals surface area contributed by atoms with Crippen LogP contribution in [0, 0.1) is 6.92 Å². The number of hydrogen-bond donors (Lipinski definition) is 2. The number of amides is 2. The van der Waals surface area contributed by atoms with Gasteiger partial charge in [0.05, 0.1) is 13.0 Å². The Hall–Kier alpha value is -3.60. The van der Waals surface area contributed by atoms with Crippen molar-refractivity contribution >= 4 is 17.5 Å². The number of aryl methyl sites for hydroxylation is 1. The zero-order chi connectivity index (χ0) is 19.8. The Kier molecular flexibility index (Phi) is 6.41. The number of ether oxygens (including phenoxy) is 1. The Labute approximate surface area is 164 Å². The zero-order valence-corrected chi connectivity index (χ0v) is 15.6. The Morgan fingerprint density at radius 1 is 0.821 bits per heavy atom. The smallest absolute Gasteiger partial charge is 0.243 e. The van der Waals surface area contributed by atoms with Gasteiger partial charge in [-0.15, -0.1) is 0 Å². The topological polar surface area (TPSA) is 67.4 Å². The van der Waals surface area contributed by atoms with Gasteiger partial charge in [0.15, 0.2) is 0 Å². The number of anilines is 1. The molecular weight excluding hydrogens is 352 g/mol. The molecular formula is C23H22N2O3. The van der Waals surface area contributed by atoms with E-state index >= 15 is 0 Å². The van der Waals surface area contributed by atoms with Gasteiger partial charge >= 0.3 is 0 Å². The summed E-state index contributed by atoms with van der Waals surface area (Å²) in [5.74, 6) is 0.967. The summed E-state index contributed by atoms with van der Waals surface area (Å²) in [5.41, 5.74) is 2.67. The summed E-state index contributed by atoms with van der Waals surface area (Å²) >= 11 is 0. The Balaban J connectivity index is 1.45. The Bertz CT molecular complexity index is 938. The van der Waals surface area contributed by atoms with Gasteiger partial charge < -0.3 is 15.4 Å². The van der Waals surface area contributed by atoms with Crippen molar-refractivity contribution in [2.45, 2.75) is 13.3 Å². The summed E-state index contributed by atoms with van der Waals surface area (Å²) in [5, 5.41) is 5.38. The summed E-state index contributed by atoms with van der Waals surface area (Å²) in [6, 6.07) is 24.3. The van der Waals surface area contributed by atoms with Gasteiger partial charge in [0.25, 0.3) is 0 Å². The van der Waals surface area contributed by atoms with Crippen LogP contribution in [0.25, 0.3) is 0 Å². The van der Waals surface area contributed by atoms with E-state index in [2.05, 4.69) is 10.6 Å². The third-order valence-electron chi connectivity index (χ3n) is 4.02. The molecule has 0 spiro atoms. The maximum Gasteiger partial charge on any atom is 0.243 e. The minimum atomic E-state index is -0.284. The minimum absolute atomic E-state index is 0.0762. The first-order valence-corrected chi connectivity index (χ1v) is 9.03. The molecule has 0 bridgehead atoms. The molecule has 142 valence electrons. The van der Waals surface area contributed by atoms with Crippen LogP contribution in [0.3, 0.4) is 0 Å². The first-order valence-electron chi connectivity index (χ1n) is 9.03. The largest absolute Gasteiger partial charge is 0.457 e. The summed E-state index contributed by atoms with van der Waals surface area (Å²) in [6.07, 6.45) is 0.249. The van der Waals surface area contributed by atoms with E-state index in [4.69, 9.17) is 4.74 Å². The van der Waals surface area contributed by atoms with Gasteiger partial charge in [-0.25, -0.2) is 0 Å². The molecule has 2 amide bonds. The maximum absolute atomic E-state index is 12.0. The van der Waals surface area contributed by atoms with Crippen LogP contribution in [0.1, 0.15) is 11.1 Å². The molecule has 5 nitrogen and oxygen atoms in total. The molecule has 0 aliphatic heterocycles. The van der Waals surface area contributed by atoms with Crippen LogP contribution in [0.5, 0.6) is 11.5 Å². The highest BCUT2D eigenvalue weighted by Crippen LogP contribution is 2.23. The lowest BCUT2D eigenvalue weighted by atomic mass is 10.1. The van der Waals surface area contributed by atoms with Gasteiger partial charge in [0, 0.05) is 5.69 Å². The van der Waals surface area contributed by atoms with E-state index in [0.29, 0.717) is 11.4 Å². The molecule has 3 rings (SSSR count). The van der Waals surface area contributed by atoms with Gasteiger partial charge in [0.1, 0.15) is 11.5 Å². The molecule has 0 saturated carbocycles. The second kappa shape index (κ2) is 9.37. The molecule has 0 saturated heterocycles. The number of nitrogens with one attached hydrogen (secondary N) is 2. The van der Waals surface area contributed by atoms with Crippen LogP contribution in [-0.4, -0.2) is 18.4 Å². The molecule has 3 aromatic carbocycles. The van der Waals surface area contributed by atoms with E-state index < -0.39 is 0 Å². The standard InChI is InChI=1S/C23H22N2O3/c1-17-6-5-9-21(14-17)28-20-12-10-19(11-13-20)25-23(27)16-24-22(26)15-18-7-3-2-4-8-18/h2-14H,15-16H2,1H3,(H,24,26)(H,25,27). The number of rotatable bonds is 7. The van der Waals surface area contributed by atoms with Crippen molar-refractivity contribution in [3.8, 4) is 11.5 Å². The molecule has 3 aromatic rings. The molecule has 0 aliphatic carbocycles. The van der Waals surface area contributed by atoms with E-state index in [1.807, 2.05) is 61.5 Å². The van der Waals surface area contributed by atoms with Gasteiger partial charge in [0.2, 0.25) is 11.8 Å². The van der Waals surface area contributed by atoms with Crippen molar-refractivity contribution < 1.29 is 14.3 Å². The molecule has 0 radical (unpaired) electrons. The predicted molar refractivity (Wildman–Crippen MR) is 109 cm³/mol. The highest BCUT2D eigenvalue weighted by molar-refractivity contribution is 5.94. The molecule has 0 unspecified atom stereocenters. The number of carbonyl (C=O) groups is 2. The molecule has 0 heterocycles. The minimum Gasteiger partial charge on any atom is -0.457 e. The highest BCUT2D eigenvalue weighted by Gasteiger charge is 2.07. The van der Waals surface area contributed by atoms with Crippen LogP contribution in [0.2, 0.25) is 0 Å². The lowest BCUT2D eigenvalue weighted by molar-refractivity contribution is -0.123.